The molecule has 0 heterocycles. The van der Waals surface area contributed by atoms with E-state index in [0.29, 0.717) is 16.3 Å². The zero-order chi connectivity index (χ0) is 13.6. The number of hydrogen-bond acceptors (Lipinski definition) is 1. The molecule has 0 atom stereocenters. The predicted molar refractivity (Wildman–Crippen MR) is 79.3 cm³/mol. The Hall–Kier alpha value is -0.0500. The number of halogens is 5. The molecule has 0 aliphatic carbocycles. The molecule has 2 aromatic carbocycles. The number of fused-ring (bicyclic) bond motifs is 1. The molecule has 96 valence electrons. The van der Waals surface area contributed by atoms with Crippen LogP contribution in [0.4, 0.5) is 0 Å². The minimum absolute atomic E-state index is 0.114. The molecule has 0 unspecified atom stereocenters. The fourth-order valence-corrected chi connectivity index (χ4v) is 2.34. The minimum Gasteiger partial charge on any atom is -0.507 e. The zero-order valence-corrected chi connectivity index (χ0v) is 12.6. The fourth-order valence-electron chi connectivity index (χ4n) is 1.71. The molecule has 0 aliphatic heterocycles. The lowest BCUT2D eigenvalue weighted by molar-refractivity contribution is 0.481. The molecule has 0 fully saturated rings. The van der Waals surface area contributed by atoms with Crippen LogP contribution in [0.5, 0.6) is 5.75 Å². The number of aromatic hydroxyl groups is 1. The normalized spacial score (nSPS) is 12.9. The third kappa shape index (κ3) is 2.35. The van der Waals surface area contributed by atoms with E-state index in [4.69, 9.17) is 58.0 Å². The van der Waals surface area contributed by atoms with Crippen molar-refractivity contribution >= 4 is 68.8 Å². The van der Waals surface area contributed by atoms with Crippen LogP contribution in [0.3, 0.4) is 0 Å². The van der Waals surface area contributed by atoms with Crippen molar-refractivity contribution in [3.63, 3.8) is 0 Å². The van der Waals surface area contributed by atoms with Gasteiger partial charge in [0, 0.05) is 10.9 Å². The number of phenols is 1. The van der Waals surface area contributed by atoms with E-state index in [0.717, 1.165) is 0 Å². The van der Waals surface area contributed by atoms with Gasteiger partial charge in [0.05, 0.1) is 0 Å². The Morgan fingerprint density at radius 1 is 0.778 bits per heavy atom. The second kappa shape index (κ2) is 4.81. The van der Waals surface area contributed by atoms with Gasteiger partial charge in [-0.2, -0.15) is 0 Å². The monoisotopic (exact) mass is 342 g/mol. The van der Waals surface area contributed by atoms with Gasteiger partial charge in [0.1, 0.15) is 5.75 Å². The van der Waals surface area contributed by atoms with Crippen molar-refractivity contribution in [2.75, 3.05) is 0 Å². The number of hydrogen-bond donors (Lipinski definition) is 1. The highest BCUT2D eigenvalue weighted by atomic mass is 35.6. The quantitative estimate of drug-likeness (QED) is 0.673. The molecule has 0 aliphatic rings. The van der Waals surface area contributed by atoms with Gasteiger partial charge in [-0.15, -0.1) is 0 Å². The third-order valence-electron chi connectivity index (χ3n) is 2.60. The Balaban J connectivity index is 2.78. The van der Waals surface area contributed by atoms with Gasteiger partial charge in [0.2, 0.25) is 3.79 Å². The molecule has 2 aromatic rings. The van der Waals surface area contributed by atoms with E-state index in [2.05, 4.69) is 0 Å². The Bertz CT molecular complexity index is 589. The van der Waals surface area contributed by atoms with Crippen LogP contribution in [0.15, 0.2) is 36.4 Å². The highest BCUT2D eigenvalue weighted by Gasteiger charge is 2.48. The van der Waals surface area contributed by atoms with Gasteiger partial charge in [-0.1, -0.05) is 88.3 Å². The van der Waals surface area contributed by atoms with Gasteiger partial charge in [0.25, 0.3) is 0 Å². The van der Waals surface area contributed by atoms with Crippen molar-refractivity contribution in [3.05, 3.63) is 42.0 Å². The van der Waals surface area contributed by atoms with Gasteiger partial charge in [-0.3, -0.25) is 0 Å². The Morgan fingerprint density at radius 3 is 1.89 bits per heavy atom. The molecule has 0 aromatic heterocycles. The lowest BCUT2D eigenvalue weighted by atomic mass is 10.0. The van der Waals surface area contributed by atoms with Crippen LogP contribution in [-0.4, -0.2) is 8.90 Å². The number of alkyl halides is 5. The maximum atomic E-state index is 9.78. The maximum Gasteiger partial charge on any atom is 0.227 e. The first-order valence-corrected chi connectivity index (χ1v) is 6.80. The molecule has 1 nitrogen and oxygen atoms in total. The SMILES string of the molecule is Oc1ccc(C(Cl)(Cl)C(Cl)(Cl)Cl)c2ccccc12. The van der Waals surface area contributed by atoms with Crippen molar-refractivity contribution in [2.45, 2.75) is 8.13 Å². The fraction of sp³-hybridized carbons (Fsp3) is 0.167. The Labute approximate surface area is 129 Å². The smallest absolute Gasteiger partial charge is 0.227 e. The van der Waals surface area contributed by atoms with E-state index in [1.54, 1.807) is 30.3 Å². The molecular weight excluding hydrogens is 337 g/mol. The van der Waals surface area contributed by atoms with Crippen molar-refractivity contribution < 1.29 is 5.11 Å². The van der Waals surface area contributed by atoms with Gasteiger partial charge in [-0.05, 0) is 11.5 Å². The molecule has 1 N–H and O–H groups in total. The standard InChI is InChI=1S/C12H7Cl5O/c13-11(14,12(15,16)17)9-5-6-10(18)8-4-2-1-3-7(8)9/h1-6,18H. The first-order chi connectivity index (χ1) is 8.25. The number of phenolic OH excluding ortho intramolecular Hbond substituents is 1. The van der Waals surface area contributed by atoms with E-state index in [9.17, 15) is 5.11 Å². The second-order valence-corrected chi connectivity index (χ2v) is 7.36. The largest absolute Gasteiger partial charge is 0.507 e. The Kier molecular flexibility index (Phi) is 3.84. The average Bonchev–Trinajstić information content (AvgIpc) is 2.28. The molecule has 0 saturated carbocycles. The Morgan fingerprint density at radius 2 is 1.33 bits per heavy atom. The lowest BCUT2D eigenvalue weighted by Gasteiger charge is -2.29. The molecular formula is C12H7Cl5O. The maximum absolute atomic E-state index is 9.78. The van der Waals surface area contributed by atoms with Crippen LogP contribution >= 0.6 is 58.0 Å². The van der Waals surface area contributed by atoms with Crippen LogP contribution in [0.2, 0.25) is 0 Å². The molecule has 2 rings (SSSR count). The predicted octanol–water partition coefficient (Wildman–Crippen LogP) is 5.55. The van der Waals surface area contributed by atoms with E-state index in [1.165, 1.54) is 6.07 Å². The zero-order valence-electron chi connectivity index (χ0n) is 8.80. The summed E-state index contributed by atoms with van der Waals surface area (Å²) in [6, 6.07) is 10.1. The first-order valence-electron chi connectivity index (χ1n) is 4.91. The molecule has 0 saturated heterocycles. The topological polar surface area (TPSA) is 20.2 Å². The summed E-state index contributed by atoms with van der Waals surface area (Å²) in [7, 11) is 0. The summed E-state index contributed by atoms with van der Waals surface area (Å²) in [6.07, 6.45) is 0. The van der Waals surface area contributed by atoms with Crippen LogP contribution in [0.1, 0.15) is 5.56 Å². The number of benzene rings is 2. The minimum atomic E-state index is -1.89. The molecule has 18 heavy (non-hydrogen) atoms. The molecule has 0 amide bonds. The second-order valence-electron chi connectivity index (χ2n) is 3.75. The summed E-state index contributed by atoms with van der Waals surface area (Å²) in [5.74, 6) is 0.114. The number of rotatable bonds is 1. The first kappa shape index (κ1) is 14.4. The third-order valence-corrected chi connectivity index (χ3v) is 5.00. The van der Waals surface area contributed by atoms with Crippen LogP contribution in [-0.2, 0) is 4.33 Å². The average molecular weight is 344 g/mol. The lowest BCUT2D eigenvalue weighted by Crippen LogP contribution is -2.28. The summed E-state index contributed by atoms with van der Waals surface area (Å²) in [4.78, 5) is 0. The van der Waals surface area contributed by atoms with Gasteiger partial charge in [0.15, 0.2) is 4.33 Å². The van der Waals surface area contributed by atoms with Crippen molar-refractivity contribution in [1.82, 2.24) is 0 Å². The summed E-state index contributed by atoms with van der Waals surface area (Å²) in [6.45, 7) is 0. The molecule has 0 spiro atoms. The van der Waals surface area contributed by atoms with E-state index in [1.807, 2.05) is 0 Å². The van der Waals surface area contributed by atoms with Crippen LogP contribution in [0, 0.1) is 0 Å². The highest BCUT2D eigenvalue weighted by molar-refractivity contribution is 6.75. The van der Waals surface area contributed by atoms with E-state index < -0.39 is 8.13 Å². The molecule has 0 radical (unpaired) electrons. The van der Waals surface area contributed by atoms with E-state index in [-0.39, 0.29) is 5.75 Å². The summed E-state index contributed by atoms with van der Waals surface area (Å²) in [5, 5.41) is 11.0. The molecule has 6 heteroatoms. The van der Waals surface area contributed by atoms with Crippen molar-refractivity contribution in [3.8, 4) is 5.75 Å². The van der Waals surface area contributed by atoms with Gasteiger partial charge in [-0.25, -0.2) is 0 Å². The van der Waals surface area contributed by atoms with Gasteiger partial charge < -0.3 is 5.11 Å². The van der Waals surface area contributed by atoms with Gasteiger partial charge >= 0.3 is 0 Å². The van der Waals surface area contributed by atoms with Crippen molar-refractivity contribution in [1.29, 1.82) is 0 Å². The summed E-state index contributed by atoms with van der Waals surface area (Å²) in [5.41, 5.74) is 0.430. The van der Waals surface area contributed by atoms with E-state index >= 15 is 0 Å². The van der Waals surface area contributed by atoms with Crippen LogP contribution < -0.4 is 0 Å². The highest BCUT2D eigenvalue weighted by Crippen LogP contribution is 2.54. The molecule has 0 bridgehead atoms. The summed E-state index contributed by atoms with van der Waals surface area (Å²) < 4.78 is -3.61. The van der Waals surface area contributed by atoms with Crippen molar-refractivity contribution in [2.24, 2.45) is 0 Å². The summed E-state index contributed by atoms with van der Waals surface area (Å²) >= 11 is 29.7. The van der Waals surface area contributed by atoms with Crippen LogP contribution in [0.25, 0.3) is 10.8 Å².